The summed E-state index contributed by atoms with van der Waals surface area (Å²) < 4.78 is 0. The Labute approximate surface area is 80.3 Å². The van der Waals surface area contributed by atoms with Crippen LogP contribution in [0.15, 0.2) is 0 Å². The Balaban J connectivity index is 2.69. The van der Waals surface area contributed by atoms with Crippen LogP contribution in [-0.4, -0.2) is 25.0 Å². The smallest absolute Gasteiger partial charge is 0.237 e. The lowest BCUT2D eigenvalue weighted by Crippen LogP contribution is -2.50. The largest absolute Gasteiger partial charge is 0.355 e. The van der Waals surface area contributed by atoms with Gasteiger partial charge in [-0.05, 0) is 24.8 Å². The van der Waals surface area contributed by atoms with Gasteiger partial charge in [-0.15, -0.1) is 0 Å². The highest BCUT2D eigenvalue weighted by molar-refractivity contribution is 5.82. The first-order chi connectivity index (χ1) is 6.08. The van der Waals surface area contributed by atoms with Crippen molar-refractivity contribution < 1.29 is 4.79 Å². The number of carbonyl (C=O) groups excluding carboxylic acids is 1. The molecular formula is C10H20N2O. The molecule has 1 rings (SSSR count). The summed E-state index contributed by atoms with van der Waals surface area (Å²) >= 11 is 0. The van der Waals surface area contributed by atoms with Gasteiger partial charge in [-0.1, -0.05) is 20.8 Å². The fourth-order valence-electron chi connectivity index (χ4n) is 1.58. The summed E-state index contributed by atoms with van der Waals surface area (Å²) in [6.45, 7) is 8.14. The van der Waals surface area contributed by atoms with Crippen LogP contribution in [0.4, 0.5) is 0 Å². The number of carbonyl (C=O) groups is 1. The maximum Gasteiger partial charge on any atom is 0.237 e. The molecule has 76 valence electrons. The van der Waals surface area contributed by atoms with Gasteiger partial charge in [0.05, 0.1) is 6.04 Å². The molecule has 2 N–H and O–H groups in total. The summed E-state index contributed by atoms with van der Waals surface area (Å²) in [5.41, 5.74) is 0.0500. The maximum atomic E-state index is 11.6. The molecule has 1 aliphatic rings. The van der Waals surface area contributed by atoms with E-state index in [0.717, 1.165) is 25.9 Å². The number of nitrogens with one attached hydrogen (secondary N) is 2. The Morgan fingerprint density at radius 2 is 2.15 bits per heavy atom. The van der Waals surface area contributed by atoms with Crippen molar-refractivity contribution in [2.45, 2.75) is 39.7 Å². The third kappa shape index (κ3) is 2.44. The Kier molecular flexibility index (Phi) is 3.31. The molecule has 3 nitrogen and oxygen atoms in total. The molecule has 0 aromatic rings. The van der Waals surface area contributed by atoms with Crippen LogP contribution in [0.25, 0.3) is 0 Å². The van der Waals surface area contributed by atoms with Crippen molar-refractivity contribution in [3.63, 3.8) is 0 Å². The maximum absolute atomic E-state index is 11.6. The second-order valence-electron chi connectivity index (χ2n) is 4.37. The quantitative estimate of drug-likeness (QED) is 0.669. The van der Waals surface area contributed by atoms with E-state index < -0.39 is 0 Å². The van der Waals surface area contributed by atoms with Gasteiger partial charge in [0.15, 0.2) is 0 Å². The van der Waals surface area contributed by atoms with Crippen molar-refractivity contribution in [3.05, 3.63) is 0 Å². The fraction of sp³-hybridized carbons (Fsp3) is 0.900. The van der Waals surface area contributed by atoms with Gasteiger partial charge in [0.1, 0.15) is 0 Å². The molecular weight excluding hydrogens is 164 g/mol. The molecule has 0 spiro atoms. The van der Waals surface area contributed by atoms with Gasteiger partial charge in [-0.25, -0.2) is 0 Å². The highest BCUT2D eigenvalue weighted by atomic mass is 16.2. The van der Waals surface area contributed by atoms with Crippen LogP contribution in [0.2, 0.25) is 0 Å². The fourth-order valence-corrected chi connectivity index (χ4v) is 1.58. The van der Waals surface area contributed by atoms with Crippen molar-refractivity contribution in [1.82, 2.24) is 10.6 Å². The first-order valence-electron chi connectivity index (χ1n) is 5.09. The third-order valence-corrected chi connectivity index (χ3v) is 2.96. The van der Waals surface area contributed by atoms with Crippen LogP contribution < -0.4 is 10.6 Å². The molecule has 1 aliphatic heterocycles. The molecule has 0 bridgehead atoms. The molecule has 1 fully saturated rings. The molecule has 3 heteroatoms. The molecule has 1 unspecified atom stereocenters. The van der Waals surface area contributed by atoms with Crippen molar-refractivity contribution >= 4 is 5.91 Å². The van der Waals surface area contributed by atoms with Gasteiger partial charge in [-0.2, -0.15) is 0 Å². The topological polar surface area (TPSA) is 41.1 Å². The Morgan fingerprint density at radius 1 is 1.46 bits per heavy atom. The second kappa shape index (κ2) is 4.09. The Hall–Kier alpha value is -0.570. The summed E-state index contributed by atoms with van der Waals surface area (Å²) in [7, 11) is 0. The standard InChI is InChI=1S/C10H20N2O/c1-4-10(2,3)8-9(13)12-7-5-6-11-8/h8,11H,4-7H2,1-3H3,(H,12,13). The van der Waals surface area contributed by atoms with E-state index >= 15 is 0 Å². The lowest BCUT2D eigenvalue weighted by Gasteiger charge is -2.31. The summed E-state index contributed by atoms with van der Waals surface area (Å²) in [6, 6.07) is -0.0278. The monoisotopic (exact) mass is 184 g/mol. The molecule has 1 saturated heterocycles. The first-order valence-corrected chi connectivity index (χ1v) is 5.09. The molecule has 1 heterocycles. The summed E-state index contributed by atoms with van der Waals surface area (Å²) in [4.78, 5) is 11.6. The van der Waals surface area contributed by atoms with E-state index in [1.54, 1.807) is 0 Å². The third-order valence-electron chi connectivity index (χ3n) is 2.96. The van der Waals surface area contributed by atoms with Gasteiger partial charge < -0.3 is 10.6 Å². The average Bonchev–Trinajstić information content (AvgIpc) is 2.30. The lowest BCUT2D eigenvalue weighted by atomic mass is 9.81. The van der Waals surface area contributed by atoms with E-state index in [0.29, 0.717) is 0 Å². The number of amides is 1. The number of hydrogen-bond acceptors (Lipinski definition) is 2. The van der Waals surface area contributed by atoms with E-state index in [2.05, 4.69) is 31.4 Å². The number of rotatable bonds is 2. The summed E-state index contributed by atoms with van der Waals surface area (Å²) in [5, 5.41) is 6.24. The number of hydrogen-bond donors (Lipinski definition) is 2. The zero-order valence-electron chi connectivity index (χ0n) is 8.81. The van der Waals surface area contributed by atoms with Crippen LogP contribution in [-0.2, 0) is 4.79 Å². The Bertz CT molecular complexity index is 189. The molecule has 0 aromatic carbocycles. The van der Waals surface area contributed by atoms with Gasteiger partial charge in [0.25, 0.3) is 0 Å². The van der Waals surface area contributed by atoms with Crippen molar-refractivity contribution in [2.24, 2.45) is 5.41 Å². The minimum absolute atomic E-state index is 0.0278. The van der Waals surface area contributed by atoms with E-state index in [-0.39, 0.29) is 17.4 Å². The van der Waals surface area contributed by atoms with Crippen LogP contribution in [0.1, 0.15) is 33.6 Å². The van der Waals surface area contributed by atoms with E-state index in [9.17, 15) is 4.79 Å². The molecule has 0 saturated carbocycles. The van der Waals surface area contributed by atoms with Gasteiger partial charge in [-0.3, -0.25) is 4.79 Å². The molecule has 0 aromatic heterocycles. The molecule has 1 amide bonds. The summed E-state index contributed by atoms with van der Waals surface area (Å²) in [5.74, 6) is 0.157. The zero-order chi connectivity index (χ0) is 9.90. The van der Waals surface area contributed by atoms with Crippen molar-refractivity contribution in [1.29, 1.82) is 0 Å². The molecule has 1 atom stereocenters. The predicted molar refractivity (Wildman–Crippen MR) is 53.5 cm³/mol. The minimum atomic E-state index is -0.0278. The normalized spacial score (nSPS) is 25.2. The van der Waals surface area contributed by atoms with Crippen LogP contribution in [0.3, 0.4) is 0 Å². The molecule has 0 radical (unpaired) electrons. The van der Waals surface area contributed by atoms with Crippen molar-refractivity contribution in [3.8, 4) is 0 Å². The van der Waals surface area contributed by atoms with E-state index in [1.165, 1.54) is 0 Å². The highest BCUT2D eigenvalue weighted by Crippen LogP contribution is 2.25. The minimum Gasteiger partial charge on any atom is -0.355 e. The highest BCUT2D eigenvalue weighted by Gasteiger charge is 2.33. The van der Waals surface area contributed by atoms with Gasteiger partial charge in [0, 0.05) is 6.54 Å². The van der Waals surface area contributed by atoms with Gasteiger partial charge in [0.2, 0.25) is 5.91 Å². The van der Waals surface area contributed by atoms with Crippen LogP contribution >= 0.6 is 0 Å². The van der Waals surface area contributed by atoms with Gasteiger partial charge >= 0.3 is 0 Å². The van der Waals surface area contributed by atoms with E-state index in [4.69, 9.17) is 0 Å². The average molecular weight is 184 g/mol. The second-order valence-corrected chi connectivity index (χ2v) is 4.37. The summed E-state index contributed by atoms with van der Waals surface area (Å²) in [6.07, 6.45) is 2.04. The SMILES string of the molecule is CCC(C)(C)C1NCCCNC1=O. The van der Waals surface area contributed by atoms with E-state index in [1.807, 2.05) is 0 Å². The first kappa shape index (κ1) is 10.5. The Morgan fingerprint density at radius 3 is 2.77 bits per heavy atom. The molecule has 13 heavy (non-hydrogen) atoms. The molecule has 0 aliphatic carbocycles. The van der Waals surface area contributed by atoms with Crippen LogP contribution in [0.5, 0.6) is 0 Å². The zero-order valence-corrected chi connectivity index (χ0v) is 8.81. The lowest BCUT2D eigenvalue weighted by molar-refractivity contribution is -0.125. The predicted octanol–water partition coefficient (Wildman–Crippen LogP) is 0.901. The van der Waals surface area contributed by atoms with Crippen molar-refractivity contribution in [2.75, 3.05) is 13.1 Å². The van der Waals surface area contributed by atoms with Crippen LogP contribution in [0, 0.1) is 5.41 Å².